The van der Waals surface area contributed by atoms with Crippen LogP contribution in [0.4, 0.5) is 11.4 Å². The van der Waals surface area contributed by atoms with Crippen molar-refractivity contribution in [3.8, 4) is 0 Å². The molecule has 1 N–H and O–H groups in total. The summed E-state index contributed by atoms with van der Waals surface area (Å²) in [5.74, 6) is 0.590. The van der Waals surface area contributed by atoms with Crippen LogP contribution in [-0.4, -0.2) is 28.9 Å². The molecule has 24 heavy (non-hydrogen) atoms. The fourth-order valence-electron chi connectivity index (χ4n) is 3.05. The Hall–Kier alpha value is -1.88. The Labute approximate surface area is 151 Å². The first-order chi connectivity index (χ1) is 11.5. The van der Waals surface area contributed by atoms with Gasteiger partial charge in [-0.1, -0.05) is 22.9 Å². The molecule has 4 nitrogen and oxygen atoms in total. The van der Waals surface area contributed by atoms with E-state index in [0.29, 0.717) is 11.6 Å². The number of halogens is 1. The smallest absolute Gasteiger partial charge is 0.272 e. The number of hydrogen-bond acceptors (Lipinski definition) is 3. The molecule has 0 aliphatic carbocycles. The summed E-state index contributed by atoms with van der Waals surface area (Å²) in [5.41, 5.74) is 3.53. The van der Waals surface area contributed by atoms with E-state index in [9.17, 15) is 4.79 Å². The van der Waals surface area contributed by atoms with Gasteiger partial charge < -0.3 is 10.2 Å². The molecule has 5 heteroatoms. The van der Waals surface area contributed by atoms with Crippen LogP contribution in [0, 0.1) is 12.8 Å². The van der Waals surface area contributed by atoms with Gasteiger partial charge in [-0.15, -0.1) is 0 Å². The van der Waals surface area contributed by atoms with Crippen molar-refractivity contribution in [3.63, 3.8) is 0 Å². The number of aromatic nitrogens is 1. The SMILES string of the molecule is Cc1cc(Nc2ccnc(C(=O)N3CCCC(C)C3)c2)ccc1Br. The summed E-state index contributed by atoms with van der Waals surface area (Å²) in [6, 6.07) is 9.80. The minimum Gasteiger partial charge on any atom is -0.355 e. The third-order valence-electron chi connectivity index (χ3n) is 4.37. The molecular formula is C19H22BrN3O. The van der Waals surface area contributed by atoms with Crippen LogP contribution in [0.25, 0.3) is 0 Å². The van der Waals surface area contributed by atoms with E-state index in [0.717, 1.165) is 40.9 Å². The molecule has 1 aliphatic rings. The Morgan fingerprint density at radius 3 is 2.83 bits per heavy atom. The van der Waals surface area contributed by atoms with Crippen molar-refractivity contribution in [1.29, 1.82) is 0 Å². The lowest BCUT2D eigenvalue weighted by Crippen LogP contribution is -2.39. The van der Waals surface area contributed by atoms with Crippen LogP contribution in [0.3, 0.4) is 0 Å². The van der Waals surface area contributed by atoms with Gasteiger partial charge in [0.25, 0.3) is 5.91 Å². The van der Waals surface area contributed by atoms with E-state index >= 15 is 0 Å². The van der Waals surface area contributed by atoms with Gasteiger partial charge in [-0.05, 0) is 61.6 Å². The summed E-state index contributed by atoms with van der Waals surface area (Å²) < 4.78 is 1.08. The van der Waals surface area contributed by atoms with Gasteiger partial charge in [-0.3, -0.25) is 9.78 Å². The predicted molar refractivity (Wildman–Crippen MR) is 101 cm³/mol. The first kappa shape index (κ1) is 17.0. The molecule has 1 fully saturated rings. The van der Waals surface area contributed by atoms with Crippen molar-refractivity contribution in [3.05, 3.63) is 52.3 Å². The van der Waals surface area contributed by atoms with Gasteiger partial charge in [-0.25, -0.2) is 0 Å². The number of likely N-dealkylation sites (tertiary alicyclic amines) is 1. The Bertz CT molecular complexity index is 747. The maximum absolute atomic E-state index is 12.7. The second-order valence-electron chi connectivity index (χ2n) is 6.52. The molecule has 0 spiro atoms. The van der Waals surface area contributed by atoms with Gasteiger partial charge in [0.05, 0.1) is 0 Å². The summed E-state index contributed by atoms with van der Waals surface area (Å²) in [6.07, 6.45) is 3.96. The molecular weight excluding hydrogens is 366 g/mol. The molecule has 0 radical (unpaired) electrons. The van der Waals surface area contributed by atoms with Crippen molar-refractivity contribution in [2.45, 2.75) is 26.7 Å². The van der Waals surface area contributed by atoms with Gasteiger partial charge >= 0.3 is 0 Å². The van der Waals surface area contributed by atoms with E-state index in [4.69, 9.17) is 0 Å². The third kappa shape index (κ3) is 3.96. The first-order valence-corrected chi connectivity index (χ1v) is 9.11. The van der Waals surface area contributed by atoms with Crippen LogP contribution in [0.5, 0.6) is 0 Å². The number of nitrogens with one attached hydrogen (secondary N) is 1. The van der Waals surface area contributed by atoms with E-state index in [-0.39, 0.29) is 5.91 Å². The van der Waals surface area contributed by atoms with Crippen LogP contribution in [-0.2, 0) is 0 Å². The fourth-order valence-corrected chi connectivity index (χ4v) is 3.30. The van der Waals surface area contributed by atoms with Crippen molar-refractivity contribution in [2.24, 2.45) is 5.92 Å². The molecule has 1 aromatic heterocycles. The molecule has 1 saturated heterocycles. The van der Waals surface area contributed by atoms with Crippen LogP contribution < -0.4 is 5.32 Å². The van der Waals surface area contributed by atoms with Crippen LogP contribution >= 0.6 is 15.9 Å². The minimum absolute atomic E-state index is 0.0252. The van der Waals surface area contributed by atoms with Crippen molar-refractivity contribution in [2.75, 3.05) is 18.4 Å². The number of carbonyl (C=O) groups excluding carboxylic acids is 1. The van der Waals surface area contributed by atoms with Crippen LogP contribution in [0.15, 0.2) is 41.0 Å². The molecule has 2 aromatic rings. The molecule has 1 unspecified atom stereocenters. The van der Waals surface area contributed by atoms with Crippen LogP contribution in [0.1, 0.15) is 35.8 Å². The highest BCUT2D eigenvalue weighted by atomic mass is 79.9. The Balaban J connectivity index is 1.76. The lowest BCUT2D eigenvalue weighted by molar-refractivity contribution is 0.0677. The van der Waals surface area contributed by atoms with E-state index in [1.807, 2.05) is 36.1 Å². The second kappa shape index (κ2) is 7.34. The second-order valence-corrected chi connectivity index (χ2v) is 7.37. The summed E-state index contributed by atoms with van der Waals surface area (Å²) in [5, 5.41) is 3.35. The maximum Gasteiger partial charge on any atom is 0.272 e. The van der Waals surface area contributed by atoms with E-state index in [1.54, 1.807) is 6.20 Å². The monoisotopic (exact) mass is 387 g/mol. The van der Waals surface area contributed by atoms with Gasteiger partial charge in [0, 0.05) is 35.1 Å². The van der Waals surface area contributed by atoms with Crippen LogP contribution in [0.2, 0.25) is 0 Å². The lowest BCUT2D eigenvalue weighted by Gasteiger charge is -2.30. The summed E-state index contributed by atoms with van der Waals surface area (Å²) in [4.78, 5) is 18.9. The topological polar surface area (TPSA) is 45.2 Å². The molecule has 2 heterocycles. The number of hydrogen-bond donors (Lipinski definition) is 1. The first-order valence-electron chi connectivity index (χ1n) is 8.31. The zero-order chi connectivity index (χ0) is 17.1. The van der Waals surface area contributed by atoms with E-state index in [2.05, 4.69) is 39.2 Å². The number of pyridine rings is 1. The summed E-state index contributed by atoms with van der Waals surface area (Å²) in [6.45, 7) is 5.90. The Morgan fingerprint density at radius 1 is 1.29 bits per heavy atom. The molecule has 3 rings (SSSR count). The number of carbonyl (C=O) groups is 1. The maximum atomic E-state index is 12.7. The molecule has 126 valence electrons. The van der Waals surface area contributed by atoms with Gasteiger partial charge in [0.15, 0.2) is 0 Å². The Kier molecular flexibility index (Phi) is 5.19. The number of rotatable bonds is 3. The number of nitrogens with zero attached hydrogens (tertiary/aromatic N) is 2. The standard InChI is InChI=1S/C19H22BrN3O/c1-13-4-3-9-23(12-13)19(24)18-11-16(7-8-21-18)22-15-5-6-17(20)14(2)10-15/h5-8,10-11,13H,3-4,9,12H2,1-2H3,(H,21,22). The van der Waals surface area contributed by atoms with Gasteiger partial charge in [-0.2, -0.15) is 0 Å². The predicted octanol–water partition coefficient (Wildman–Crippen LogP) is 4.77. The number of amides is 1. The molecule has 0 saturated carbocycles. The van der Waals surface area contributed by atoms with Gasteiger partial charge in [0.2, 0.25) is 0 Å². The summed E-state index contributed by atoms with van der Waals surface area (Å²) >= 11 is 3.51. The molecule has 1 aromatic carbocycles. The quantitative estimate of drug-likeness (QED) is 0.824. The number of aryl methyl sites for hydroxylation is 1. The van der Waals surface area contributed by atoms with E-state index < -0.39 is 0 Å². The third-order valence-corrected chi connectivity index (χ3v) is 5.26. The van der Waals surface area contributed by atoms with Crippen molar-refractivity contribution in [1.82, 2.24) is 9.88 Å². The number of benzene rings is 1. The highest BCUT2D eigenvalue weighted by Gasteiger charge is 2.22. The lowest BCUT2D eigenvalue weighted by atomic mass is 10.00. The largest absolute Gasteiger partial charge is 0.355 e. The number of anilines is 2. The number of piperidine rings is 1. The van der Waals surface area contributed by atoms with Crippen molar-refractivity contribution < 1.29 is 4.79 Å². The highest BCUT2D eigenvalue weighted by molar-refractivity contribution is 9.10. The zero-order valence-corrected chi connectivity index (χ0v) is 15.6. The highest BCUT2D eigenvalue weighted by Crippen LogP contribution is 2.24. The molecule has 1 atom stereocenters. The molecule has 1 amide bonds. The average molecular weight is 388 g/mol. The molecule has 0 bridgehead atoms. The normalized spacial score (nSPS) is 17.6. The fraction of sp³-hybridized carbons (Fsp3) is 0.368. The minimum atomic E-state index is 0.0252. The molecule has 1 aliphatic heterocycles. The van der Waals surface area contributed by atoms with E-state index in [1.165, 1.54) is 6.42 Å². The Morgan fingerprint density at radius 2 is 2.08 bits per heavy atom. The zero-order valence-electron chi connectivity index (χ0n) is 14.1. The average Bonchev–Trinajstić information content (AvgIpc) is 2.58. The summed E-state index contributed by atoms with van der Waals surface area (Å²) in [7, 11) is 0. The van der Waals surface area contributed by atoms with Crippen molar-refractivity contribution >= 4 is 33.2 Å². The van der Waals surface area contributed by atoms with Gasteiger partial charge in [0.1, 0.15) is 5.69 Å².